The Kier molecular flexibility index (Phi) is 6.47. The van der Waals surface area contributed by atoms with Crippen LogP contribution in [0.25, 0.3) is 0 Å². The van der Waals surface area contributed by atoms with Gasteiger partial charge in [0.15, 0.2) is 0 Å². The highest BCUT2D eigenvalue weighted by Crippen LogP contribution is 2.38. The van der Waals surface area contributed by atoms with Gasteiger partial charge in [-0.05, 0) is 31.9 Å². The molecule has 0 aromatic heterocycles. The average molecular weight is 361 g/mol. The standard InChI is InChI=1S/C17H26F3NO2Si/c1-14-7-6-8-15(13-14)16-9-4-5-11-21(16)24(22-2,23-3)12-10-17(18,19)20/h6-8,13,16H,4-5,9-12H2,1-3H3. The second-order valence-corrected chi connectivity index (χ2v) is 9.67. The smallest absolute Gasteiger partial charge is 0.386 e. The third-order valence-corrected chi connectivity index (χ3v) is 8.30. The van der Waals surface area contributed by atoms with Crippen LogP contribution in [0.2, 0.25) is 6.04 Å². The van der Waals surface area contributed by atoms with E-state index in [0.29, 0.717) is 6.54 Å². The normalized spacial score (nSPS) is 20.3. The van der Waals surface area contributed by atoms with Crippen molar-refractivity contribution in [1.82, 2.24) is 4.57 Å². The first kappa shape index (κ1) is 19.4. The SMILES string of the molecule is CO[Si](CCC(F)(F)F)(OC)N1CCCCC1c1cccc(C)c1. The summed E-state index contributed by atoms with van der Waals surface area (Å²) in [6, 6.07) is 8.12. The van der Waals surface area contributed by atoms with Crippen LogP contribution >= 0.6 is 0 Å². The zero-order chi connectivity index (χ0) is 17.8. The van der Waals surface area contributed by atoms with Gasteiger partial charge in [-0.25, -0.2) is 0 Å². The Morgan fingerprint density at radius 3 is 2.50 bits per heavy atom. The number of rotatable bonds is 6. The molecule has 1 unspecified atom stereocenters. The molecule has 1 aliphatic heterocycles. The molecule has 24 heavy (non-hydrogen) atoms. The van der Waals surface area contributed by atoms with E-state index in [9.17, 15) is 13.2 Å². The molecule has 0 aliphatic carbocycles. The molecule has 1 aromatic carbocycles. The van der Waals surface area contributed by atoms with E-state index in [1.54, 1.807) is 0 Å². The number of hydrogen-bond acceptors (Lipinski definition) is 3. The first-order valence-corrected chi connectivity index (χ1v) is 10.3. The highest BCUT2D eigenvalue weighted by atomic mass is 28.4. The van der Waals surface area contributed by atoms with Gasteiger partial charge in [0.25, 0.3) is 0 Å². The van der Waals surface area contributed by atoms with Crippen LogP contribution in [0.4, 0.5) is 13.2 Å². The van der Waals surface area contributed by atoms with E-state index in [2.05, 4.69) is 10.6 Å². The van der Waals surface area contributed by atoms with E-state index >= 15 is 0 Å². The van der Waals surface area contributed by atoms with Gasteiger partial charge in [0.1, 0.15) is 0 Å². The fourth-order valence-electron chi connectivity index (χ4n) is 3.53. The second kappa shape index (κ2) is 7.99. The fraction of sp³-hybridized carbons (Fsp3) is 0.647. The van der Waals surface area contributed by atoms with Gasteiger partial charge in [-0.2, -0.15) is 13.2 Å². The molecule has 1 saturated heterocycles. The van der Waals surface area contributed by atoms with Crippen molar-refractivity contribution in [3.8, 4) is 0 Å². The minimum Gasteiger partial charge on any atom is -0.386 e. The number of aryl methyl sites for hydroxylation is 1. The minimum absolute atomic E-state index is 0.0541. The molecule has 136 valence electrons. The van der Waals surface area contributed by atoms with Crippen molar-refractivity contribution in [1.29, 1.82) is 0 Å². The lowest BCUT2D eigenvalue weighted by Gasteiger charge is -2.45. The molecular formula is C17H26F3NO2Si. The third-order valence-electron chi connectivity index (χ3n) is 4.73. The van der Waals surface area contributed by atoms with Gasteiger partial charge in [-0.15, -0.1) is 0 Å². The van der Waals surface area contributed by atoms with Gasteiger partial charge in [0.2, 0.25) is 0 Å². The molecule has 0 saturated carbocycles. The predicted molar refractivity (Wildman–Crippen MR) is 89.7 cm³/mol. The van der Waals surface area contributed by atoms with Gasteiger partial charge in [0.05, 0.1) is 0 Å². The van der Waals surface area contributed by atoms with Crippen LogP contribution in [0.1, 0.15) is 42.9 Å². The van der Waals surface area contributed by atoms with Gasteiger partial charge in [0, 0.05) is 32.7 Å². The maximum atomic E-state index is 12.8. The zero-order valence-corrected chi connectivity index (χ0v) is 15.5. The van der Waals surface area contributed by atoms with Gasteiger partial charge >= 0.3 is 14.9 Å². The summed E-state index contributed by atoms with van der Waals surface area (Å²) >= 11 is 0. The lowest BCUT2D eigenvalue weighted by atomic mass is 9.96. The van der Waals surface area contributed by atoms with Crippen LogP contribution in [0.15, 0.2) is 24.3 Å². The first-order valence-electron chi connectivity index (χ1n) is 8.32. The van der Waals surface area contributed by atoms with Crippen LogP contribution in [0.3, 0.4) is 0 Å². The Morgan fingerprint density at radius 1 is 1.21 bits per heavy atom. The van der Waals surface area contributed by atoms with Crippen molar-refractivity contribution in [2.75, 3.05) is 20.8 Å². The summed E-state index contributed by atoms with van der Waals surface area (Å²) in [6.07, 6.45) is -2.15. The van der Waals surface area contributed by atoms with Crippen LogP contribution in [-0.2, 0) is 8.85 Å². The van der Waals surface area contributed by atoms with E-state index in [-0.39, 0.29) is 12.1 Å². The molecule has 0 amide bonds. The maximum absolute atomic E-state index is 12.8. The number of alkyl halides is 3. The highest BCUT2D eigenvalue weighted by molar-refractivity contribution is 6.64. The Labute approximate surface area is 143 Å². The van der Waals surface area contributed by atoms with E-state index < -0.39 is 21.3 Å². The van der Waals surface area contributed by atoms with Crippen molar-refractivity contribution < 1.29 is 22.0 Å². The van der Waals surface area contributed by atoms with Crippen LogP contribution in [0.5, 0.6) is 0 Å². The summed E-state index contributed by atoms with van der Waals surface area (Å²) in [5.74, 6) is 0. The predicted octanol–water partition coefficient (Wildman–Crippen LogP) is 4.71. The zero-order valence-electron chi connectivity index (χ0n) is 14.5. The van der Waals surface area contributed by atoms with E-state index in [0.717, 1.165) is 30.4 Å². The average Bonchev–Trinajstić information content (AvgIpc) is 2.56. The summed E-state index contributed by atoms with van der Waals surface area (Å²) in [4.78, 5) is 0. The molecule has 0 bridgehead atoms. The molecule has 1 aromatic rings. The topological polar surface area (TPSA) is 21.7 Å². The molecule has 1 fully saturated rings. The fourth-order valence-corrected chi connectivity index (χ4v) is 6.71. The van der Waals surface area contributed by atoms with Crippen molar-refractivity contribution >= 4 is 8.72 Å². The molecule has 0 N–H and O–H groups in total. The summed E-state index contributed by atoms with van der Waals surface area (Å²) < 4.78 is 51.8. The van der Waals surface area contributed by atoms with Gasteiger partial charge < -0.3 is 8.85 Å². The Bertz CT molecular complexity index is 535. The quantitative estimate of drug-likeness (QED) is 0.685. The van der Waals surface area contributed by atoms with Crippen LogP contribution in [-0.4, -0.2) is 40.2 Å². The van der Waals surface area contributed by atoms with Crippen molar-refractivity contribution in [2.24, 2.45) is 0 Å². The Hall–Kier alpha value is -0.893. The molecule has 1 aliphatic rings. The number of halogens is 3. The monoisotopic (exact) mass is 361 g/mol. The largest absolute Gasteiger partial charge is 0.428 e. The number of nitrogens with zero attached hydrogens (tertiary/aromatic N) is 1. The van der Waals surface area contributed by atoms with Crippen molar-refractivity contribution in [3.63, 3.8) is 0 Å². The third kappa shape index (κ3) is 4.59. The van der Waals surface area contributed by atoms with E-state index in [1.807, 2.05) is 25.1 Å². The second-order valence-electron chi connectivity index (χ2n) is 6.36. The molecule has 0 spiro atoms. The maximum Gasteiger partial charge on any atom is 0.428 e. The Balaban J connectivity index is 2.30. The minimum atomic E-state index is -4.20. The Morgan fingerprint density at radius 2 is 1.92 bits per heavy atom. The molecular weight excluding hydrogens is 335 g/mol. The summed E-state index contributed by atoms with van der Waals surface area (Å²) in [7, 11) is -0.142. The van der Waals surface area contributed by atoms with E-state index in [4.69, 9.17) is 8.85 Å². The number of benzene rings is 1. The molecule has 0 radical (unpaired) electrons. The summed E-state index contributed by atoms with van der Waals surface area (Å²) in [6.45, 7) is 2.74. The lowest BCUT2D eigenvalue weighted by Crippen LogP contribution is -2.60. The van der Waals surface area contributed by atoms with Gasteiger partial charge in [-0.1, -0.05) is 36.2 Å². The van der Waals surface area contributed by atoms with Crippen LogP contribution in [0, 0.1) is 6.92 Å². The summed E-state index contributed by atoms with van der Waals surface area (Å²) in [5, 5.41) is 0. The molecule has 7 heteroatoms. The lowest BCUT2D eigenvalue weighted by molar-refractivity contribution is -0.132. The highest BCUT2D eigenvalue weighted by Gasteiger charge is 2.49. The molecule has 1 heterocycles. The number of hydrogen-bond donors (Lipinski definition) is 0. The first-order chi connectivity index (χ1) is 11.3. The van der Waals surface area contributed by atoms with Crippen molar-refractivity contribution in [3.05, 3.63) is 35.4 Å². The van der Waals surface area contributed by atoms with Crippen molar-refractivity contribution in [2.45, 2.75) is 50.9 Å². The van der Waals surface area contributed by atoms with Crippen LogP contribution < -0.4 is 0 Å². The summed E-state index contributed by atoms with van der Waals surface area (Å²) in [5.41, 5.74) is 2.28. The van der Waals surface area contributed by atoms with Gasteiger partial charge in [-0.3, -0.25) is 4.57 Å². The van der Waals surface area contributed by atoms with E-state index in [1.165, 1.54) is 14.2 Å². The molecule has 3 nitrogen and oxygen atoms in total. The molecule has 1 atom stereocenters. The molecule has 2 rings (SSSR count). The number of piperidine rings is 1.